The highest BCUT2D eigenvalue weighted by Gasteiger charge is 2.31. The van der Waals surface area contributed by atoms with Gasteiger partial charge in [-0.2, -0.15) is 0 Å². The molecule has 0 spiro atoms. The van der Waals surface area contributed by atoms with E-state index < -0.39 is 0 Å². The van der Waals surface area contributed by atoms with Crippen molar-refractivity contribution in [3.63, 3.8) is 0 Å². The minimum absolute atomic E-state index is 0.186. The van der Waals surface area contributed by atoms with Crippen LogP contribution in [0.2, 0.25) is 0 Å². The van der Waals surface area contributed by atoms with E-state index in [4.69, 9.17) is 0 Å². The molecular weight excluding hydrogens is 342 g/mol. The molecule has 1 aromatic rings. The van der Waals surface area contributed by atoms with Crippen LogP contribution in [0.15, 0.2) is 9.59 Å². The SMILES string of the molecule is O=C(C1CCC(CNc2c(N3CCCC3)c(=O)c2=O)CC1)N1CCCCC1. The fourth-order valence-electron chi connectivity index (χ4n) is 5.02. The molecule has 2 heterocycles. The Morgan fingerprint density at radius 3 is 2.15 bits per heavy atom. The van der Waals surface area contributed by atoms with Gasteiger partial charge >= 0.3 is 0 Å². The normalized spacial score (nSPS) is 26.5. The second-order valence-corrected chi connectivity index (χ2v) is 8.56. The molecule has 0 atom stereocenters. The summed E-state index contributed by atoms with van der Waals surface area (Å²) >= 11 is 0. The van der Waals surface area contributed by atoms with E-state index in [0.29, 0.717) is 23.2 Å². The first kappa shape index (κ1) is 18.5. The van der Waals surface area contributed by atoms with Crippen LogP contribution in [-0.2, 0) is 4.79 Å². The molecule has 0 aromatic heterocycles. The first-order valence-corrected chi connectivity index (χ1v) is 10.8. The molecule has 1 aliphatic carbocycles. The maximum Gasteiger partial charge on any atom is 0.253 e. The summed E-state index contributed by atoms with van der Waals surface area (Å²) in [6.07, 6.45) is 9.66. The number of amides is 1. The van der Waals surface area contributed by atoms with Gasteiger partial charge in [0.2, 0.25) is 5.91 Å². The molecule has 0 radical (unpaired) electrons. The summed E-state index contributed by atoms with van der Waals surface area (Å²) in [6.45, 7) is 4.36. The molecule has 3 aliphatic rings. The number of carbonyl (C=O) groups is 1. The van der Waals surface area contributed by atoms with Crippen molar-refractivity contribution in [2.75, 3.05) is 42.9 Å². The zero-order valence-corrected chi connectivity index (χ0v) is 16.2. The van der Waals surface area contributed by atoms with Gasteiger partial charge in [0.15, 0.2) is 0 Å². The molecule has 1 amide bonds. The van der Waals surface area contributed by atoms with Gasteiger partial charge in [-0.05, 0) is 63.7 Å². The smallest absolute Gasteiger partial charge is 0.253 e. The first-order valence-electron chi connectivity index (χ1n) is 10.8. The van der Waals surface area contributed by atoms with E-state index in [0.717, 1.165) is 84.1 Å². The van der Waals surface area contributed by atoms with Gasteiger partial charge in [-0.1, -0.05) is 0 Å². The van der Waals surface area contributed by atoms with Gasteiger partial charge in [0.05, 0.1) is 0 Å². The molecule has 2 aliphatic heterocycles. The molecule has 2 saturated heterocycles. The molecule has 1 aromatic carbocycles. The third kappa shape index (κ3) is 3.76. The Labute approximate surface area is 160 Å². The summed E-state index contributed by atoms with van der Waals surface area (Å²) in [5.41, 5.74) is 0.473. The molecule has 3 fully saturated rings. The lowest BCUT2D eigenvalue weighted by Gasteiger charge is -2.34. The minimum atomic E-state index is -0.356. The fraction of sp³-hybridized carbons (Fsp3) is 0.762. The summed E-state index contributed by atoms with van der Waals surface area (Å²) in [6, 6.07) is 0. The van der Waals surface area contributed by atoms with Crippen LogP contribution < -0.4 is 21.1 Å². The number of anilines is 2. The van der Waals surface area contributed by atoms with Crippen LogP contribution in [0.5, 0.6) is 0 Å². The molecule has 27 heavy (non-hydrogen) atoms. The van der Waals surface area contributed by atoms with E-state index in [1.165, 1.54) is 6.42 Å². The lowest BCUT2D eigenvalue weighted by Crippen LogP contribution is -2.43. The number of piperidine rings is 1. The van der Waals surface area contributed by atoms with E-state index in [1.807, 2.05) is 0 Å². The summed E-state index contributed by atoms with van der Waals surface area (Å²) in [5, 5.41) is 3.28. The largest absolute Gasteiger partial charge is 0.380 e. The summed E-state index contributed by atoms with van der Waals surface area (Å²) < 4.78 is 0. The van der Waals surface area contributed by atoms with Crippen molar-refractivity contribution in [2.45, 2.75) is 57.8 Å². The molecular formula is C21H31N3O3. The van der Waals surface area contributed by atoms with Crippen molar-refractivity contribution in [1.82, 2.24) is 4.90 Å². The fourth-order valence-corrected chi connectivity index (χ4v) is 5.02. The van der Waals surface area contributed by atoms with Crippen LogP contribution in [-0.4, -0.2) is 43.5 Å². The molecule has 0 unspecified atom stereocenters. The van der Waals surface area contributed by atoms with E-state index in [1.54, 1.807) is 0 Å². The van der Waals surface area contributed by atoms with E-state index in [2.05, 4.69) is 15.1 Å². The maximum absolute atomic E-state index is 12.7. The monoisotopic (exact) mass is 373 g/mol. The highest BCUT2D eigenvalue weighted by Crippen LogP contribution is 2.32. The number of nitrogens with zero attached hydrogens (tertiary/aromatic N) is 2. The van der Waals surface area contributed by atoms with Crippen LogP contribution in [0.1, 0.15) is 57.8 Å². The van der Waals surface area contributed by atoms with Gasteiger partial charge < -0.3 is 15.1 Å². The topological polar surface area (TPSA) is 69.7 Å². The molecule has 4 rings (SSSR count). The van der Waals surface area contributed by atoms with Gasteiger partial charge in [0.1, 0.15) is 11.4 Å². The third-order valence-electron chi connectivity index (χ3n) is 6.74. The van der Waals surface area contributed by atoms with Crippen molar-refractivity contribution in [3.8, 4) is 0 Å². The lowest BCUT2D eigenvalue weighted by atomic mass is 9.81. The molecule has 6 nitrogen and oxygen atoms in total. The van der Waals surface area contributed by atoms with Gasteiger partial charge in [-0.3, -0.25) is 14.4 Å². The van der Waals surface area contributed by atoms with Crippen LogP contribution in [0.4, 0.5) is 11.4 Å². The second kappa shape index (κ2) is 8.03. The summed E-state index contributed by atoms with van der Waals surface area (Å²) in [4.78, 5) is 40.7. The lowest BCUT2D eigenvalue weighted by molar-refractivity contribution is -0.137. The minimum Gasteiger partial charge on any atom is -0.380 e. The zero-order chi connectivity index (χ0) is 18.8. The third-order valence-corrected chi connectivity index (χ3v) is 6.74. The molecule has 1 saturated carbocycles. The van der Waals surface area contributed by atoms with E-state index in [9.17, 15) is 14.4 Å². The highest BCUT2D eigenvalue weighted by molar-refractivity contribution is 5.79. The average molecular weight is 373 g/mol. The quantitative estimate of drug-likeness (QED) is 0.801. The Bertz CT molecular complexity index is 732. The van der Waals surface area contributed by atoms with Crippen molar-refractivity contribution in [3.05, 3.63) is 20.4 Å². The molecule has 148 valence electrons. The van der Waals surface area contributed by atoms with Crippen LogP contribution >= 0.6 is 0 Å². The highest BCUT2D eigenvalue weighted by atomic mass is 16.2. The number of hydrogen-bond donors (Lipinski definition) is 1. The molecule has 6 heteroatoms. The van der Waals surface area contributed by atoms with Gasteiger partial charge in [0, 0.05) is 38.6 Å². The number of carbonyl (C=O) groups excluding carboxylic acids is 1. The summed E-state index contributed by atoms with van der Waals surface area (Å²) in [5.74, 6) is 1.02. The second-order valence-electron chi connectivity index (χ2n) is 8.56. The number of rotatable bonds is 5. The number of nitrogens with one attached hydrogen (secondary N) is 1. The Morgan fingerprint density at radius 2 is 1.48 bits per heavy atom. The summed E-state index contributed by atoms with van der Waals surface area (Å²) in [7, 11) is 0. The molecule has 1 N–H and O–H groups in total. The van der Waals surface area contributed by atoms with Crippen LogP contribution in [0.25, 0.3) is 0 Å². The Balaban J connectivity index is 1.27. The Hall–Kier alpha value is -1.85. The predicted octanol–water partition coefficient (Wildman–Crippen LogP) is 2.11. The Morgan fingerprint density at radius 1 is 0.852 bits per heavy atom. The van der Waals surface area contributed by atoms with E-state index >= 15 is 0 Å². The number of hydrogen-bond acceptors (Lipinski definition) is 5. The first-order chi connectivity index (χ1) is 13.1. The maximum atomic E-state index is 12.7. The van der Waals surface area contributed by atoms with Crippen LogP contribution in [0, 0.1) is 11.8 Å². The predicted molar refractivity (Wildman–Crippen MR) is 107 cm³/mol. The van der Waals surface area contributed by atoms with Crippen molar-refractivity contribution < 1.29 is 4.79 Å². The van der Waals surface area contributed by atoms with Crippen LogP contribution in [0.3, 0.4) is 0 Å². The zero-order valence-electron chi connectivity index (χ0n) is 16.2. The van der Waals surface area contributed by atoms with Gasteiger partial charge in [-0.25, -0.2) is 0 Å². The van der Waals surface area contributed by atoms with Crippen molar-refractivity contribution in [2.24, 2.45) is 11.8 Å². The van der Waals surface area contributed by atoms with Gasteiger partial charge in [0.25, 0.3) is 10.9 Å². The van der Waals surface area contributed by atoms with Gasteiger partial charge in [-0.15, -0.1) is 0 Å². The van der Waals surface area contributed by atoms with Crippen molar-refractivity contribution >= 4 is 17.3 Å². The van der Waals surface area contributed by atoms with E-state index in [-0.39, 0.29) is 16.8 Å². The number of likely N-dealkylation sites (tertiary alicyclic amines) is 1. The molecule has 0 bridgehead atoms. The standard InChI is InChI=1S/C21H31N3O3/c25-19-17(18(20(19)26)23-10-4-5-11-23)22-14-15-6-8-16(9-7-15)21(27)24-12-2-1-3-13-24/h15-16,22H,1-14H2. The average Bonchev–Trinajstić information content (AvgIpc) is 3.24. The van der Waals surface area contributed by atoms with Crippen molar-refractivity contribution in [1.29, 1.82) is 0 Å². The Kier molecular flexibility index (Phi) is 5.50.